The van der Waals surface area contributed by atoms with E-state index in [0.717, 1.165) is 21.7 Å². The summed E-state index contributed by atoms with van der Waals surface area (Å²) < 4.78 is 13.1. The zero-order chi connectivity index (χ0) is 26.3. The van der Waals surface area contributed by atoms with Gasteiger partial charge in [-0.2, -0.15) is 0 Å². The van der Waals surface area contributed by atoms with Crippen LogP contribution in [0.25, 0.3) is 0 Å². The van der Waals surface area contributed by atoms with E-state index in [-0.39, 0.29) is 30.6 Å². The minimum Gasteiger partial charge on any atom is -0.392 e. The summed E-state index contributed by atoms with van der Waals surface area (Å²) in [7, 11) is 0. The van der Waals surface area contributed by atoms with Crippen LogP contribution in [0.5, 0.6) is 0 Å². The number of thioether (sulfide) groups is 1. The number of nitrogens with one attached hydrogen (secondary N) is 1. The second-order valence-electron chi connectivity index (χ2n) is 9.25. The van der Waals surface area contributed by atoms with Crippen LogP contribution < -0.4 is 5.32 Å². The molecule has 1 amide bonds. The SMILES string of the molecule is C[C@H]1[C@@H](CSc2ccccn2)O[C@@H](c2cccc(NC(=O)c3ccccc3)c2)O[C@H]1c1ccc(CO)cc1. The number of carbonyl (C=O) groups excluding carboxylic acids is 1. The van der Waals surface area contributed by atoms with Gasteiger partial charge in [0.1, 0.15) is 0 Å². The number of aromatic nitrogens is 1. The highest BCUT2D eigenvalue weighted by atomic mass is 32.2. The van der Waals surface area contributed by atoms with E-state index in [9.17, 15) is 9.90 Å². The van der Waals surface area contributed by atoms with E-state index < -0.39 is 6.29 Å². The summed E-state index contributed by atoms with van der Waals surface area (Å²) in [6, 6.07) is 30.5. The van der Waals surface area contributed by atoms with Gasteiger partial charge in [0.15, 0.2) is 6.29 Å². The van der Waals surface area contributed by atoms with Crippen LogP contribution in [0, 0.1) is 5.92 Å². The Balaban J connectivity index is 1.38. The van der Waals surface area contributed by atoms with Crippen molar-refractivity contribution in [3.63, 3.8) is 0 Å². The molecule has 3 aromatic carbocycles. The van der Waals surface area contributed by atoms with E-state index in [4.69, 9.17) is 9.47 Å². The van der Waals surface area contributed by atoms with Crippen molar-refractivity contribution < 1.29 is 19.4 Å². The van der Waals surface area contributed by atoms with Crippen LogP contribution in [0.3, 0.4) is 0 Å². The van der Waals surface area contributed by atoms with E-state index >= 15 is 0 Å². The third kappa shape index (κ3) is 6.31. The fourth-order valence-electron chi connectivity index (χ4n) is 4.47. The van der Waals surface area contributed by atoms with Gasteiger partial charge in [-0.25, -0.2) is 4.98 Å². The smallest absolute Gasteiger partial charge is 0.255 e. The molecular formula is C31H30N2O4S. The lowest BCUT2D eigenvalue weighted by Crippen LogP contribution is -2.38. The number of nitrogens with zero attached hydrogens (tertiary/aromatic N) is 1. The minimum atomic E-state index is -0.614. The summed E-state index contributed by atoms with van der Waals surface area (Å²) in [6.07, 6.45) is 0.862. The van der Waals surface area contributed by atoms with Gasteiger partial charge in [-0.05, 0) is 47.5 Å². The Hall–Kier alpha value is -3.49. The molecule has 7 heteroatoms. The molecule has 0 aliphatic carbocycles. The molecule has 1 aliphatic rings. The molecule has 0 bridgehead atoms. The first kappa shape index (κ1) is 26.1. The number of hydrogen-bond donors (Lipinski definition) is 2. The Morgan fingerprint density at radius 2 is 1.71 bits per heavy atom. The quantitative estimate of drug-likeness (QED) is 0.258. The topological polar surface area (TPSA) is 80.7 Å². The summed E-state index contributed by atoms with van der Waals surface area (Å²) in [4.78, 5) is 17.1. The second kappa shape index (κ2) is 12.4. The third-order valence-corrected chi connectivity index (χ3v) is 7.64. The lowest BCUT2D eigenvalue weighted by atomic mass is 9.91. The van der Waals surface area contributed by atoms with Crippen LogP contribution in [0.1, 0.15) is 46.4 Å². The predicted molar refractivity (Wildman–Crippen MR) is 149 cm³/mol. The van der Waals surface area contributed by atoms with Gasteiger partial charge in [-0.3, -0.25) is 4.79 Å². The maximum atomic E-state index is 12.7. The van der Waals surface area contributed by atoms with Crippen LogP contribution >= 0.6 is 11.8 Å². The van der Waals surface area contributed by atoms with Gasteiger partial charge in [-0.15, -0.1) is 11.8 Å². The zero-order valence-electron chi connectivity index (χ0n) is 21.1. The van der Waals surface area contributed by atoms with Crippen LogP contribution in [0.4, 0.5) is 5.69 Å². The first-order valence-electron chi connectivity index (χ1n) is 12.6. The molecule has 6 nitrogen and oxygen atoms in total. The molecule has 1 aliphatic heterocycles. The van der Waals surface area contributed by atoms with Crippen molar-refractivity contribution in [3.8, 4) is 0 Å². The number of pyridine rings is 1. The molecule has 194 valence electrons. The maximum absolute atomic E-state index is 12.7. The largest absolute Gasteiger partial charge is 0.392 e. The fourth-order valence-corrected chi connectivity index (χ4v) is 5.49. The summed E-state index contributed by atoms with van der Waals surface area (Å²) in [5.74, 6) is 0.616. The number of rotatable bonds is 8. The normalized spacial score (nSPS) is 21.1. The average Bonchev–Trinajstić information content (AvgIpc) is 2.98. The molecular weight excluding hydrogens is 496 g/mol. The number of aliphatic hydroxyl groups excluding tert-OH is 1. The van der Waals surface area contributed by atoms with Gasteiger partial charge < -0.3 is 19.9 Å². The van der Waals surface area contributed by atoms with E-state index in [2.05, 4.69) is 17.2 Å². The Bertz CT molecular complexity index is 1340. The molecule has 1 saturated heterocycles. The highest BCUT2D eigenvalue weighted by Gasteiger charge is 2.38. The number of benzene rings is 3. The summed E-state index contributed by atoms with van der Waals surface area (Å²) in [5, 5.41) is 13.4. The van der Waals surface area contributed by atoms with Crippen molar-refractivity contribution in [2.24, 2.45) is 5.92 Å². The lowest BCUT2D eigenvalue weighted by Gasteiger charge is -2.41. The second-order valence-corrected chi connectivity index (χ2v) is 10.3. The number of aliphatic hydroxyl groups is 1. The molecule has 0 radical (unpaired) electrons. The summed E-state index contributed by atoms with van der Waals surface area (Å²) >= 11 is 1.66. The molecule has 4 aromatic rings. The van der Waals surface area contributed by atoms with Gasteiger partial charge >= 0.3 is 0 Å². The van der Waals surface area contributed by atoms with Crippen LogP contribution in [0.2, 0.25) is 0 Å². The molecule has 1 fully saturated rings. The molecule has 0 spiro atoms. The molecule has 5 rings (SSSR count). The van der Waals surface area contributed by atoms with Crippen LogP contribution in [-0.4, -0.2) is 27.9 Å². The summed E-state index contributed by atoms with van der Waals surface area (Å²) in [6.45, 7) is 2.14. The van der Waals surface area contributed by atoms with Gasteiger partial charge in [0.2, 0.25) is 0 Å². The predicted octanol–water partition coefficient (Wildman–Crippen LogP) is 6.41. The number of hydrogen-bond acceptors (Lipinski definition) is 6. The Kier molecular flexibility index (Phi) is 8.51. The Labute approximate surface area is 227 Å². The maximum Gasteiger partial charge on any atom is 0.255 e. The van der Waals surface area contributed by atoms with Crippen molar-refractivity contribution >= 4 is 23.4 Å². The molecule has 4 atom stereocenters. The van der Waals surface area contributed by atoms with Crippen molar-refractivity contribution in [3.05, 3.63) is 126 Å². The first-order valence-corrected chi connectivity index (χ1v) is 13.6. The minimum absolute atomic E-state index is 0.00206. The van der Waals surface area contributed by atoms with E-state index in [1.165, 1.54) is 0 Å². The number of carbonyl (C=O) groups is 1. The van der Waals surface area contributed by atoms with Gasteiger partial charge in [0.25, 0.3) is 5.91 Å². The molecule has 0 saturated carbocycles. The van der Waals surface area contributed by atoms with Crippen molar-refractivity contribution in [2.45, 2.75) is 37.1 Å². The van der Waals surface area contributed by atoms with Crippen molar-refractivity contribution in [1.29, 1.82) is 0 Å². The zero-order valence-corrected chi connectivity index (χ0v) is 21.9. The monoisotopic (exact) mass is 526 g/mol. The molecule has 2 heterocycles. The van der Waals surface area contributed by atoms with E-state index in [0.29, 0.717) is 17.0 Å². The van der Waals surface area contributed by atoms with Crippen LogP contribution in [0.15, 0.2) is 108 Å². The fraction of sp³-hybridized carbons (Fsp3) is 0.226. The molecule has 2 N–H and O–H groups in total. The number of amides is 1. The van der Waals surface area contributed by atoms with Gasteiger partial charge in [0, 0.05) is 34.7 Å². The van der Waals surface area contributed by atoms with Crippen molar-refractivity contribution in [2.75, 3.05) is 11.1 Å². The molecule has 1 aromatic heterocycles. The van der Waals surface area contributed by atoms with Gasteiger partial charge in [0.05, 0.1) is 23.8 Å². The highest BCUT2D eigenvalue weighted by Crippen LogP contribution is 2.43. The average molecular weight is 527 g/mol. The number of anilines is 1. The van der Waals surface area contributed by atoms with E-state index in [1.807, 2.05) is 84.9 Å². The third-order valence-electron chi connectivity index (χ3n) is 6.61. The number of ether oxygens (including phenoxy) is 2. The standard InChI is InChI=1S/C31H30N2O4S/c1-21-27(20-38-28-12-5-6-17-32-28)36-31(37-29(21)23-15-13-22(19-34)14-16-23)25-10-7-11-26(18-25)33-30(35)24-8-3-2-4-9-24/h2-18,21,27,29,31,34H,19-20H2,1H3,(H,33,35)/t21-,27+,29+,31+/m0/s1. The first-order chi connectivity index (χ1) is 18.6. The van der Waals surface area contributed by atoms with E-state index in [1.54, 1.807) is 30.1 Å². The highest BCUT2D eigenvalue weighted by molar-refractivity contribution is 7.99. The van der Waals surface area contributed by atoms with Crippen LogP contribution in [-0.2, 0) is 16.1 Å². The van der Waals surface area contributed by atoms with Crippen molar-refractivity contribution in [1.82, 2.24) is 4.98 Å². The molecule has 0 unspecified atom stereocenters. The summed E-state index contributed by atoms with van der Waals surface area (Å²) in [5.41, 5.74) is 3.98. The molecule has 38 heavy (non-hydrogen) atoms. The van der Waals surface area contributed by atoms with Gasteiger partial charge in [-0.1, -0.05) is 67.6 Å². The Morgan fingerprint density at radius 1 is 0.921 bits per heavy atom. The Morgan fingerprint density at radius 3 is 2.45 bits per heavy atom. The lowest BCUT2D eigenvalue weighted by molar-refractivity contribution is -0.268.